The van der Waals surface area contributed by atoms with Crippen molar-refractivity contribution >= 4 is 11.9 Å². The van der Waals surface area contributed by atoms with Crippen molar-refractivity contribution < 1.29 is 23.8 Å². The van der Waals surface area contributed by atoms with Gasteiger partial charge in [0.05, 0.1) is 18.3 Å². The molecular formula is C15H16O5. The Balaban J connectivity index is 2.31. The van der Waals surface area contributed by atoms with E-state index < -0.39 is 11.9 Å². The maximum absolute atomic E-state index is 11.6. The minimum Gasteiger partial charge on any atom is -0.490 e. The van der Waals surface area contributed by atoms with Gasteiger partial charge in [-0.1, -0.05) is 31.4 Å². The zero-order chi connectivity index (χ0) is 15.0. The molecule has 1 rings (SSSR count). The second-order valence-electron chi connectivity index (χ2n) is 3.75. The molecule has 0 saturated heterocycles. The van der Waals surface area contributed by atoms with Crippen molar-refractivity contribution in [2.45, 2.75) is 0 Å². The molecule has 1 aromatic rings. The quantitative estimate of drug-likeness (QED) is 0.329. The van der Waals surface area contributed by atoms with E-state index in [1.54, 1.807) is 12.1 Å². The average Bonchev–Trinajstić information content (AvgIpc) is 2.50. The normalized spacial score (nSPS) is 9.45. The van der Waals surface area contributed by atoms with E-state index in [0.717, 1.165) is 0 Å². The predicted molar refractivity (Wildman–Crippen MR) is 73.2 cm³/mol. The number of benzene rings is 1. The van der Waals surface area contributed by atoms with Crippen molar-refractivity contribution in [2.75, 3.05) is 20.3 Å². The van der Waals surface area contributed by atoms with Crippen LogP contribution in [-0.2, 0) is 19.1 Å². The number of methoxy groups -OCH3 is 1. The number of rotatable bonds is 7. The smallest absolute Gasteiger partial charge is 0.338 e. The maximum atomic E-state index is 11.6. The lowest BCUT2D eigenvalue weighted by molar-refractivity contribution is -0.141. The molecule has 0 atom stereocenters. The fraction of sp³-hybridized carbons (Fsp3) is 0.200. The van der Waals surface area contributed by atoms with Gasteiger partial charge in [-0.2, -0.15) is 0 Å². The molecule has 0 spiro atoms. The molecule has 0 unspecified atom stereocenters. The van der Waals surface area contributed by atoms with Gasteiger partial charge in [0.1, 0.15) is 19.0 Å². The second kappa shape index (κ2) is 7.78. The third-order valence-corrected chi connectivity index (χ3v) is 2.37. The predicted octanol–water partition coefficient (Wildman–Crippen LogP) is 1.89. The van der Waals surface area contributed by atoms with Gasteiger partial charge in [0.25, 0.3) is 0 Å². The molecule has 0 saturated carbocycles. The van der Waals surface area contributed by atoms with E-state index in [1.165, 1.54) is 7.11 Å². The van der Waals surface area contributed by atoms with Crippen LogP contribution in [-0.4, -0.2) is 32.3 Å². The van der Waals surface area contributed by atoms with Crippen molar-refractivity contribution in [2.24, 2.45) is 0 Å². The molecule has 0 aromatic heterocycles. The second-order valence-corrected chi connectivity index (χ2v) is 3.75. The zero-order valence-electron chi connectivity index (χ0n) is 11.3. The van der Waals surface area contributed by atoms with Gasteiger partial charge in [0.2, 0.25) is 0 Å². The summed E-state index contributed by atoms with van der Waals surface area (Å²) in [5.41, 5.74) is -0.252. The number of ether oxygens (including phenoxy) is 3. The summed E-state index contributed by atoms with van der Waals surface area (Å²) in [4.78, 5) is 22.7. The number of para-hydroxylation sites is 1. The summed E-state index contributed by atoms with van der Waals surface area (Å²) in [5.74, 6) is -0.758. The van der Waals surface area contributed by atoms with E-state index >= 15 is 0 Å². The van der Waals surface area contributed by atoms with Crippen LogP contribution in [0.4, 0.5) is 0 Å². The number of hydrogen-bond donors (Lipinski definition) is 0. The van der Waals surface area contributed by atoms with Crippen LogP contribution in [0, 0.1) is 0 Å². The Labute approximate surface area is 117 Å². The van der Waals surface area contributed by atoms with Crippen molar-refractivity contribution in [1.29, 1.82) is 0 Å². The highest BCUT2D eigenvalue weighted by atomic mass is 16.6. The monoisotopic (exact) mass is 276 g/mol. The van der Waals surface area contributed by atoms with E-state index in [0.29, 0.717) is 5.75 Å². The van der Waals surface area contributed by atoms with Crippen LogP contribution in [0.25, 0.3) is 0 Å². The first kappa shape index (κ1) is 15.5. The summed E-state index contributed by atoms with van der Waals surface area (Å²) in [6.07, 6.45) is 0. The molecule has 0 amide bonds. The zero-order valence-corrected chi connectivity index (χ0v) is 11.3. The molecule has 0 N–H and O–H groups in total. The summed E-state index contributed by atoms with van der Waals surface area (Å²) in [6, 6.07) is 9.13. The van der Waals surface area contributed by atoms with Crippen LogP contribution >= 0.6 is 0 Å². The summed E-state index contributed by atoms with van der Waals surface area (Å²) in [6.45, 7) is 7.11. The van der Waals surface area contributed by atoms with Crippen molar-refractivity contribution in [3.8, 4) is 5.75 Å². The summed E-state index contributed by atoms with van der Waals surface area (Å²) in [5, 5.41) is 0. The molecule has 0 aliphatic heterocycles. The minimum absolute atomic E-state index is 0.0429. The standard InChI is InChI=1S/C15H16O5/c1-11(14(16)18-3)12(2)15(17)20-10-9-19-13-7-5-4-6-8-13/h4-8H,1-2,9-10H2,3H3. The SMILES string of the molecule is C=C(C(=C)C(=O)OCCOc1ccccc1)C(=O)OC. The minimum atomic E-state index is -0.725. The van der Waals surface area contributed by atoms with E-state index in [1.807, 2.05) is 18.2 Å². The first-order valence-corrected chi connectivity index (χ1v) is 5.87. The Morgan fingerprint density at radius 3 is 2.20 bits per heavy atom. The van der Waals surface area contributed by atoms with E-state index in [2.05, 4.69) is 17.9 Å². The Bertz CT molecular complexity index is 504. The topological polar surface area (TPSA) is 61.8 Å². The number of carbonyl (C=O) groups excluding carboxylic acids is 2. The van der Waals surface area contributed by atoms with Gasteiger partial charge in [0, 0.05) is 0 Å². The first-order chi connectivity index (χ1) is 9.56. The van der Waals surface area contributed by atoms with Crippen molar-refractivity contribution in [1.82, 2.24) is 0 Å². The molecule has 0 fully saturated rings. The highest BCUT2D eigenvalue weighted by Gasteiger charge is 2.18. The van der Waals surface area contributed by atoms with Crippen LogP contribution < -0.4 is 4.74 Å². The molecular weight excluding hydrogens is 260 g/mol. The van der Waals surface area contributed by atoms with Crippen LogP contribution in [0.5, 0.6) is 5.75 Å². The van der Waals surface area contributed by atoms with Crippen molar-refractivity contribution in [3.63, 3.8) is 0 Å². The Kier molecular flexibility index (Phi) is 6.03. The van der Waals surface area contributed by atoms with Crippen LogP contribution in [0.3, 0.4) is 0 Å². The van der Waals surface area contributed by atoms with Gasteiger partial charge < -0.3 is 14.2 Å². The van der Waals surface area contributed by atoms with Crippen LogP contribution in [0.2, 0.25) is 0 Å². The van der Waals surface area contributed by atoms with Gasteiger partial charge in [-0.15, -0.1) is 0 Å². The maximum Gasteiger partial charge on any atom is 0.338 e. The lowest BCUT2D eigenvalue weighted by Crippen LogP contribution is -2.17. The molecule has 0 aliphatic rings. The molecule has 0 aliphatic carbocycles. The van der Waals surface area contributed by atoms with E-state index in [9.17, 15) is 9.59 Å². The average molecular weight is 276 g/mol. The molecule has 1 aromatic carbocycles. The highest BCUT2D eigenvalue weighted by molar-refractivity contribution is 6.05. The lowest BCUT2D eigenvalue weighted by atomic mass is 10.1. The molecule has 5 nitrogen and oxygen atoms in total. The van der Waals surface area contributed by atoms with Gasteiger partial charge >= 0.3 is 11.9 Å². The molecule has 5 heteroatoms. The van der Waals surface area contributed by atoms with Gasteiger partial charge in [-0.25, -0.2) is 9.59 Å². The van der Waals surface area contributed by atoms with E-state index in [4.69, 9.17) is 9.47 Å². The van der Waals surface area contributed by atoms with Crippen LogP contribution in [0.15, 0.2) is 54.6 Å². The fourth-order valence-electron chi connectivity index (χ4n) is 1.27. The largest absolute Gasteiger partial charge is 0.490 e. The summed E-state index contributed by atoms with van der Waals surface area (Å²) >= 11 is 0. The van der Waals surface area contributed by atoms with Crippen LogP contribution in [0.1, 0.15) is 0 Å². The van der Waals surface area contributed by atoms with Gasteiger partial charge in [0.15, 0.2) is 0 Å². The Hall–Kier alpha value is -2.56. The highest BCUT2D eigenvalue weighted by Crippen LogP contribution is 2.10. The number of hydrogen-bond acceptors (Lipinski definition) is 5. The Morgan fingerprint density at radius 1 is 1.00 bits per heavy atom. The number of carbonyl (C=O) groups is 2. The first-order valence-electron chi connectivity index (χ1n) is 5.87. The molecule has 20 heavy (non-hydrogen) atoms. The van der Waals surface area contributed by atoms with Crippen molar-refractivity contribution in [3.05, 3.63) is 54.6 Å². The third-order valence-electron chi connectivity index (χ3n) is 2.37. The molecule has 0 bridgehead atoms. The fourth-order valence-corrected chi connectivity index (χ4v) is 1.27. The number of esters is 2. The lowest BCUT2D eigenvalue weighted by Gasteiger charge is -2.09. The molecule has 0 radical (unpaired) electrons. The van der Waals surface area contributed by atoms with E-state index in [-0.39, 0.29) is 24.4 Å². The molecule has 0 heterocycles. The summed E-state index contributed by atoms with van der Waals surface area (Å²) < 4.78 is 14.7. The van der Waals surface area contributed by atoms with Gasteiger partial charge in [-0.3, -0.25) is 0 Å². The Morgan fingerprint density at radius 2 is 1.60 bits per heavy atom. The van der Waals surface area contributed by atoms with Gasteiger partial charge in [-0.05, 0) is 12.1 Å². The third kappa shape index (κ3) is 4.61. The molecule has 106 valence electrons. The summed E-state index contributed by atoms with van der Waals surface area (Å²) in [7, 11) is 1.19.